The number of aromatic nitrogens is 2. The molecule has 0 bridgehead atoms. The smallest absolute Gasteiger partial charge is 0.255 e. The summed E-state index contributed by atoms with van der Waals surface area (Å²) in [6, 6.07) is 2.89. The molecule has 2 aromatic rings. The van der Waals surface area contributed by atoms with Gasteiger partial charge in [0.15, 0.2) is 0 Å². The van der Waals surface area contributed by atoms with Gasteiger partial charge in [-0.3, -0.25) is 9.48 Å². The summed E-state index contributed by atoms with van der Waals surface area (Å²) >= 11 is 0. The zero-order valence-corrected chi connectivity index (χ0v) is 12.6. The normalized spacial score (nSPS) is 21.5. The number of benzene rings is 1. The second-order valence-corrected chi connectivity index (χ2v) is 5.95. The van der Waals surface area contributed by atoms with Gasteiger partial charge in [-0.05, 0) is 37.0 Å². The van der Waals surface area contributed by atoms with Crippen LogP contribution in [0, 0.1) is 11.7 Å². The van der Waals surface area contributed by atoms with Gasteiger partial charge in [0.2, 0.25) is 0 Å². The van der Waals surface area contributed by atoms with E-state index in [4.69, 9.17) is 0 Å². The van der Waals surface area contributed by atoms with Crippen LogP contribution < -0.4 is 5.32 Å². The highest BCUT2D eigenvalue weighted by molar-refractivity contribution is 5.97. The van der Waals surface area contributed by atoms with Crippen LogP contribution in [0.5, 0.6) is 5.75 Å². The lowest BCUT2D eigenvalue weighted by molar-refractivity contribution is 0.0235. The van der Waals surface area contributed by atoms with Crippen LogP contribution in [0.4, 0.5) is 4.39 Å². The molecule has 1 atom stereocenters. The van der Waals surface area contributed by atoms with Gasteiger partial charge < -0.3 is 15.5 Å². The second-order valence-electron chi connectivity index (χ2n) is 5.95. The van der Waals surface area contributed by atoms with E-state index in [2.05, 4.69) is 10.4 Å². The zero-order valence-electron chi connectivity index (χ0n) is 12.6. The quantitative estimate of drug-likeness (QED) is 0.797. The van der Waals surface area contributed by atoms with Crippen LogP contribution in [0.25, 0.3) is 0 Å². The largest absolute Gasteiger partial charge is 0.507 e. The molecule has 0 spiro atoms. The van der Waals surface area contributed by atoms with Gasteiger partial charge in [0, 0.05) is 18.8 Å². The van der Waals surface area contributed by atoms with Gasteiger partial charge in [0.05, 0.1) is 23.9 Å². The lowest BCUT2D eigenvalue weighted by atomic mass is 9.75. The molecule has 0 saturated heterocycles. The summed E-state index contributed by atoms with van der Waals surface area (Å²) < 4.78 is 14.9. The Balaban J connectivity index is 1.83. The molecule has 23 heavy (non-hydrogen) atoms. The van der Waals surface area contributed by atoms with E-state index < -0.39 is 11.7 Å². The summed E-state index contributed by atoms with van der Waals surface area (Å²) in [5.41, 5.74) is 0.701. The van der Waals surface area contributed by atoms with E-state index >= 15 is 0 Å². The maximum Gasteiger partial charge on any atom is 0.255 e. The Morgan fingerprint density at radius 2 is 2.22 bits per heavy atom. The third-order valence-electron chi connectivity index (χ3n) is 4.19. The van der Waals surface area contributed by atoms with E-state index in [0.717, 1.165) is 23.8 Å². The number of aromatic hydroxyl groups is 1. The van der Waals surface area contributed by atoms with Crippen molar-refractivity contribution in [2.24, 2.45) is 13.0 Å². The minimum Gasteiger partial charge on any atom is -0.507 e. The summed E-state index contributed by atoms with van der Waals surface area (Å²) in [6.07, 6.45) is 4.24. The summed E-state index contributed by atoms with van der Waals surface area (Å²) in [5, 5.41) is 26.2. The number of phenolic OH excluding ortho intramolecular Hbond substituents is 1. The lowest BCUT2D eigenvalue weighted by Gasteiger charge is -2.37. The Morgan fingerprint density at radius 3 is 2.83 bits per heavy atom. The molecule has 6 nitrogen and oxygen atoms in total. The number of nitrogens with one attached hydrogen (secondary N) is 1. The van der Waals surface area contributed by atoms with Crippen LogP contribution in [0.3, 0.4) is 0 Å². The molecule has 0 unspecified atom stereocenters. The van der Waals surface area contributed by atoms with Crippen molar-refractivity contribution in [2.75, 3.05) is 0 Å². The van der Waals surface area contributed by atoms with Crippen molar-refractivity contribution in [2.45, 2.75) is 25.0 Å². The van der Waals surface area contributed by atoms with E-state index in [9.17, 15) is 19.4 Å². The van der Waals surface area contributed by atoms with Crippen LogP contribution in [-0.2, 0) is 7.05 Å². The van der Waals surface area contributed by atoms with E-state index in [-0.39, 0.29) is 29.4 Å². The number of hydrogen-bond acceptors (Lipinski definition) is 4. The number of aliphatic hydroxyl groups is 1. The summed E-state index contributed by atoms with van der Waals surface area (Å²) in [4.78, 5) is 12.4. The molecule has 1 saturated carbocycles. The molecule has 1 heterocycles. The van der Waals surface area contributed by atoms with Crippen molar-refractivity contribution in [3.63, 3.8) is 0 Å². The standard InChI is InChI=1S/C16H18FN3O3/c1-20-8-10(7-18-20)15(9-4-12(21)5-9)19-16(23)13-6-11(17)2-3-14(13)22/h2-3,6-9,12,15,21-22H,4-5H2,1H3,(H,19,23)/t9?,12?,15-/m0/s1. The Labute approximate surface area is 132 Å². The number of nitrogens with zero attached hydrogens (tertiary/aromatic N) is 2. The Bertz CT molecular complexity index is 725. The van der Waals surface area contributed by atoms with Crippen LogP contribution in [-0.4, -0.2) is 32.0 Å². The van der Waals surface area contributed by atoms with Crippen LogP contribution in [0.15, 0.2) is 30.6 Å². The molecule has 3 N–H and O–H groups in total. The second kappa shape index (κ2) is 6.00. The SMILES string of the molecule is Cn1cc([C@@H](NC(=O)c2cc(F)ccc2O)C2CC(O)C2)cn1. The number of amides is 1. The average molecular weight is 319 g/mol. The van der Waals surface area contributed by atoms with Crippen molar-refractivity contribution >= 4 is 5.91 Å². The molecule has 1 aliphatic rings. The Morgan fingerprint density at radius 1 is 1.48 bits per heavy atom. The Kier molecular flexibility index (Phi) is 4.04. The predicted molar refractivity (Wildman–Crippen MR) is 80.2 cm³/mol. The molecule has 7 heteroatoms. The van der Waals surface area contributed by atoms with Crippen molar-refractivity contribution in [1.29, 1.82) is 0 Å². The summed E-state index contributed by atoms with van der Waals surface area (Å²) in [7, 11) is 1.77. The minimum absolute atomic E-state index is 0.0776. The third-order valence-corrected chi connectivity index (χ3v) is 4.19. The fraction of sp³-hybridized carbons (Fsp3) is 0.375. The predicted octanol–water partition coefficient (Wildman–Crippen LogP) is 1.51. The van der Waals surface area contributed by atoms with Crippen molar-refractivity contribution in [3.05, 3.63) is 47.5 Å². The number of carbonyl (C=O) groups excluding carboxylic acids is 1. The fourth-order valence-corrected chi connectivity index (χ4v) is 2.89. The number of phenols is 1. The molecule has 1 aromatic heterocycles. The number of hydrogen-bond donors (Lipinski definition) is 3. The highest BCUT2D eigenvalue weighted by atomic mass is 19.1. The molecule has 0 aliphatic heterocycles. The van der Waals surface area contributed by atoms with Crippen molar-refractivity contribution in [1.82, 2.24) is 15.1 Å². The molecule has 1 fully saturated rings. The molecule has 1 amide bonds. The number of halogens is 1. The van der Waals surface area contributed by atoms with E-state index in [1.165, 1.54) is 0 Å². The van der Waals surface area contributed by atoms with Gasteiger partial charge in [0.25, 0.3) is 5.91 Å². The maximum absolute atomic E-state index is 13.3. The number of carbonyl (C=O) groups is 1. The van der Waals surface area contributed by atoms with Crippen LogP contribution in [0.2, 0.25) is 0 Å². The van der Waals surface area contributed by atoms with Gasteiger partial charge in [-0.15, -0.1) is 0 Å². The first kappa shape index (κ1) is 15.5. The molecule has 122 valence electrons. The molecular formula is C16H18FN3O3. The first-order chi connectivity index (χ1) is 10.9. The molecule has 1 aromatic carbocycles. The molecule has 1 aliphatic carbocycles. The number of aryl methyl sites for hydroxylation is 1. The van der Waals surface area contributed by atoms with E-state index in [0.29, 0.717) is 12.8 Å². The van der Waals surface area contributed by atoms with Gasteiger partial charge in [0.1, 0.15) is 11.6 Å². The van der Waals surface area contributed by atoms with E-state index in [1.54, 1.807) is 24.1 Å². The van der Waals surface area contributed by atoms with Gasteiger partial charge in [-0.1, -0.05) is 0 Å². The van der Waals surface area contributed by atoms with Gasteiger partial charge in [-0.25, -0.2) is 4.39 Å². The first-order valence-electron chi connectivity index (χ1n) is 7.40. The van der Waals surface area contributed by atoms with Crippen molar-refractivity contribution in [3.8, 4) is 5.75 Å². The summed E-state index contributed by atoms with van der Waals surface area (Å²) in [5.74, 6) is -1.35. The van der Waals surface area contributed by atoms with E-state index in [1.807, 2.05) is 0 Å². The van der Waals surface area contributed by atoms with Gasteiger partial charge in [-0.2, -0.15) is 5.10 Å². The maximum atomic E-state index is 13.3. The summed E-state index contributed by atoms with van der Waals surface area (Å²) in [6.45, 7) is 0. The molecule has 0 radical (unpaired) electrons. The monoisotopic (exact) mass is 319 g/mol. The zero-order chi connectivity index (χ0) is 16.6. The minimum atomic E-state index is -0.593. The average Bonchev–Trinajstić information content (AvgIpc) is 2.90. The third kappa shape index (κ3) is 3.19. The molecule has 3 rings (SSSR count). The van der Waals surface area contributed by atoms with Crippen LogP contribution >= 0.6 is 0 Å². The highest BCUT2D eigenvalue weighted by Crippen LogP contribution is 2.38. The van der Waals surface area contributed by atoms with Crippen molar-refractivity contribution < 1.29 is 19.4 Å². The molecular weight excluding hydrogens is 301 g/mol. The Hall–Kier alpha value is -2.41. The number of aliphatic hydroxyl groups excluding tert-OH is 1. The van der Waals surface area contributed by atoms with Crippen LogP contribution in [0.1, 0.15) is 34.8 Å². The fourth-order valence-electron chi connectivity index (χ4n) is 2.89. The highest BCUT2D eigenvalue weighted by Gasteiger charge is 2.36. The first-order valence-corrected chi connectivity index (χ1v) is 7.40. The number of rotatable bonds is 4. The lowest BCUT2D eigenvalue weighted by Crippen LogP contribution is -2.41. The van der Waals surface area contributed by atoms with Gasteiger partial charge >= 0.3 is 0 Å². The topological polar surface area (TPSA) is 87.4 Å².